The molecule has 0 aliphatic carbocycles. The average molecular weight is 425 g/mol. The van der Waals surface area contributed by atoms with Gasteiger partial charge in [-0.15, -0.1) is 0 Å². The first kappa shape index (κ1) is 20.1. The van der Waals surface area contributed by atoms with Crippen molar-refractivity contribution in [1.29, 1.82) is 0 Å². The summed E-state index contributed by atoms with van der Waals surface area (Å²) < 4.78 is 13.7. The standard InChI is InChI=1S/C27H20FNO3/c28-20-10-5-7-18(15-20)17-29-24-14-4-3-13-23(24)27(32,26(29)31)16-25(30)22-12-6-9-19-8-1-2-11-21(19)22/h1-15,32H,16-17H2/t27-/m0/s1. The minimum Gasteiger partial charge on any atom is -0.375 e. The first-order valence-corrected chi connectivity index (χ1v) is 10.4. The molecule has 4 aromatic rings. The largest absolute Gasteiger partial charge is 0.375 e. The number of anilines is 1. The number of halogens is 1. The van der Waals surface area contributed by atoms with E-state index in [-0.39, 0.29) is 18.7 Å². The maximum atomic E-state index is 13.7. The molecule has 1 aliphatic heterocycles. The van der Waals surface area contributed by atoms with Gasteiger partial charge in [-0.1, -0.05) is 72.8 Å². The van der Waals surface area contributed by atoms with E-state index in [0.29, 0.717) is 22.4 Å². The maximum Gasteiger partial charge on any atom is 0.264 e. The summed E-state index contributed by atoms with van der Waals surface area (Å²) in [6.07, 6.45) is -0.378. The Labute approximate surface area is 184 Å². The Bertz CT molecular complexity index is 1360. The molecule has 0 bridgehead atoms. The van der Waals surface area contributed by atoms with Crippen molar-refractivity contribution in [3.05, 3.63) is 114 Å². The van der Waals surface area contributed by atoms with Crippen LogP contribution in [0.15, 0.2) is 91.0 Å². The van der Waals surface area contributed by atoms with Gasteiger partial charge in [-0.3, -0.25) is 9.59 Å². The van der Waals surface area contributed by atoms with Crippen LogP contribution in [0.5, 0.6) is 0 Å². The Morgan fingerprint density at radius 1 is 0.906 bits per heavy atom. The van der Waals surface area contributed by atoms with Crippen molar-refractivity contribution in [3.8, 4) is 0 Å². The SMILES string of the molecule is O=C(C[C@@]1(O)C(=O)N(Cc2cccc(F)c2)c2ccccc21)c1cccc2ccccc12. The summed E-state index contributed by atoms with van der Waals surface area (Å²) in [6.45, 7) is 0.0956. The summed E-state index contributed by atoms with van der Waals surface area (Å²) >= 11 is 0. The van der Waals surface area contributed by atoms with Gasteiger partial charge in [-0.05, 0) is 34.5 Å². The molecule has 0 aromatic heterocycles. The van der Waals surface area contributed by atoms with E-state index in [9.17, 15) is 19.1 Å². The van der Waals surface area contributed by atoms with E-state index in [2.05, 4.69) is 0 Å². The van der Waals surface area contributed by atoms with Crippen LogP contribution in [0.1, 0.15) is 27.9 Å². The number of ketones is 1. The van der Waals surface area contributed by atoms with Crippen LogP contribution < -0.4 is 4.90 Å². The molecule has 1 atom stereocenters. The lowest BCUT2D eigenvalue weighted by molar-refractivity contribution is -0.136. The number of fused-ring (bicyclic) bond motifs is 2. The number of Topliss-reactive ketones (excluding diaryl/α,β-unsaturated/α-hetero) is 1. The molecule has 1 N–H and O–H groups in total. The van der Waals surface area contributed by atoms with Gasteiger partial charge in [0.05, 0.1) is 18.7 Å². The van der Waals surface area contributed by atoms with Crippen LogP contribution in [-0.2, 0) is 16.9 Å². The fraction of sp³-hybridized carbons (Fsp3) is 0.111. The molecule has 0 saturated heterocycles. The zero-order chi connectivity index (χ0) is 22.3. The monoisotopic (exact) mass is 425 g/mol. The third kappa shape index (κ3) is 3.27. The Morgan fingerprint density at radius 2 is 1.62 bits per heavy atom. The molecule has 5 rings (SSSR count). The minimum atomic E-state index is -1.99. The van der Waals surface area contributed by atoms with E-state index in [0.717, 1.165) is 10.8 Å². The summed E-state index contributed by atoms with van der Waals surface area (Å²) in [4.78, 5) is 28.2. The van der Waals surface area contributed by atoms with Gasteiger partial charge in [0.2, 0.25) is 0 Å². The molecule has 0 fully saturated rings. The normalized spacial score (nSPS) is 17.6. The highest BCUT2D eigenvalue weighted by molar-refractivity contribution is 6.13. The Morgan fingerprint density at radius 3 is 2.47 bits per heavy atom. The molecule has 32 heavy (non-hydrogen) atoms. The number of amides is 1. The summed E-state index contributed by atoms with van der Waals surface area (Å²) in [5.74, 6) is -1.31. The summed E-state index contributed by atoms with van der Waals surface area (Å²) in [6, 6.07) is 25.8. The lowest BCUT2D eigenvalue weighted by atomic mass is 9.87. The lowest BCUT2D eigenvalue weighted by Gasteiger charge is -2.23. The number of hydrogen-bond acceptors (Lipinski definition) is 3. The molecular formula is C27H20FNO3. The molecule has 1 aliphatic rings. The molecule has 4 aromatic carbocycles. The number of benzene rings is 4. The van der Waals surface area contributed by atoms with Crippen molar-refractivity contribution in [2.24, 2.45) is 0 Å². The van der Waals surface area contributed by atoms with Crippen LogP contribution in [0.3, 0.4) is 0 Å². The number of hydrogen-bond donors (Lipinski definition) is 1. The van der Waals surface area contributed by atoms with E-state index < -0.39 is 17.3 Å². The van der Waals surface area contributed by atoms with Crippen molar-refractivity contribution >= 4 is 28.2 Å². The Kier molecular flexibility index (Phi) is 4.83. The third-order valence-corrected chi connectivity index (χ3v) is 5.98. The topological polar surface area (TPSA) is 57.6 Å². The van der Waals surface area contributed by atoms with E-state index >= 15 is 0 Å². The molecule has 158 valence electrons. The van der Waals surface area contributed by atoms with E-state index in [1.165, 1.54) is 17.0 Å². The second-order valence-corrected chi connectivity index (χ2v) is 8.03. The summed E-state index contributed by atoms with van der Waals surface area (Å²) in [7, 11) is 0. The zero-order valence-electron chi connectivity index (χ0n) is 17.2. The summed E-state index contributed by atoms with van der Waals surface area (Å²) in [5.41, 5.74) is -0.0223. The number of nitrogens with zero attached hydrogens (tertiary/aromatic N) is 1. The van der Waals surface area contributed by atoms with Gasteiger partial charge in [0.25, 0.3) is 5.91 Å². The highest BCUT2D eigenvalue weighted by atomic mass is 19.1. The van der Waals surface area contributed by atoms with Crippen LogP contribution in [0.25, 0.3) is 10.8 Å². The number of aliphatic hydroxyl groups is 1. The van der Waals surface area contributed by atoms with Gasteiger partial charge >= 0.3 is 0 Å². The fourth-order valence-electron chi connectivity index (χ4n) is 4.45. The maximum absolute atomic E-state index is 13.7. The van der Waals surface area contributed by atoms with Crippen LogP contribution >= 0.6 is 0 Å². The highest BCUT2D eigenvalue weighted by Crippen LogP contribution is 2.43. The van der Waals surface area contributed by atoms with Gasteiger partial charge in [0, 0.05) is 11.1 Å². The number of rotatable bonds is 5. The summed E-state index contributed by atoms with van der Waals surface area (Å²) in [5, 5.41) is 13.2. The molecule has 1 heterocycles. The zero-order valence-corrected chi connectivity index (χ0v) is 17.2. The molecule has 0 saturated carbocycles. The van der Waals surface area contributed by atoms with E-state index in [1.54, 1.807) is 48.5 Å². The minimum absolute atomic E-state index is 0.0956. The van der Waals surface area contributed by atoms with Crippen molar-refractivity contribution < 1.29 is 19.1 Å². The van der Waals surface area contributed by atoms with Gasteiger partial charge in [0.1, 0.15) is 5.82 Å². The van der Waals surface area contributed by atoms with Crippen LogP contribution in [0, 0.1) is 5.82 Å². The van der Waals surface area contributed by atoms with Gasteiger partial charge in [0.15, 0.2) is 11.4 Å². The molecule has 0 unspecified atom stereocenters. The molecule has 0 spiro atoms. The predicted molar refractivity (Wildman–Crippen MR) is 121 cm³/mol. The Balaban J connectivity index is 1.52. The highest BCUT2D eigenvalue weighted by Gasteiger charge is 2.50. The van der Waals surface area contributed by atoms with Crippen molar-refractivity contribution in [2.45, 2.75) is 18.6 Å². The third-order valence-electron chi connectivity index (χ3n) is 5.98. The first-order chi connectivity index (χ1) is 15.5. The fourth-order valence-corrected chi connectivity index (χ4v) is 4.45. The lowest BCUT2D eigenvalue weighted by Crippen LogP contribution is -2.41. The Hall–Kier alpha value is -3.83. The van der Waals surface area contributed by atoms with Crippen LogP contribution in [0.2, 0.25) is 0 Å². The van der Waals surface area contributed by atoms with Crippen molar-refractivity contribution in [3.63, 3.8) is 0 Å². The van der Waals surface area contributed by atoms with Gasteiger partial charge in [-0.25, -0.2) is 4.39 Å². The van der Waals surface area contributed by atoms with Crippen molar-refractivity contribution in [2.75, 3.05) is 4.90 Å². The van der Waals surface area contributed by atoms with Gasteiger partial charge < -0.3 is 10.0 Å². The predicted octanol–water partition coefficient (Wildman–Crippen LogP) is 4.99. The average Bonchev–Trinajstić information content (AvgIpc) is 3.00. The van der Waals surface area contributed by atoms with E-state index in [1.807, 2.05) is 30.3 Å². The number of carbonyl (C=O) groups excluding carboxylic acids is 2. The van der Waals surface area contributed by atoms with Crippen LogP contribution in [-0.4, -0.2) is 16.8 Å². The second-order valence-electron chi connectivity index (χ2n) is 8.03. The molecule has 1 amide bonds. The van der Waals surface area contributed by atoms with E-state index in [4.69, 9.17) is 0 Å². The molecule has 0 radical (unpaired) electrons. The second kappa shape index (κ2) is 7.70. The van der Waals surface area contributed by atoms with Crippen molar-refractivity contribution in [1.82, 2.24) is 0 Å². The smallest absolute Gasteiger partial charge is 0.264 e. The number of para-hydroxylation sites is 1. The quantitative estimate of drug-likeness (QED) is 0.459. The molecule has 5 heteroatoms. The molecule has 4 nitrogen and oxygen atoms in total. The first-order valence-electron chi connectivity index (χ1n) is 10.4. The van der Waals surface area contributed by atoms with Gasteiger partial charge in [-0.2, -0.15) is 0 Å². The number of carbonyl (C=O) groups is 2. The molecular weight excluding hydrogens is 405 g/mol. The van der Waals surface area contributed by atoms with Crippen LogP contribution in [0.4, 0.5) is 10.1 Å².